The first-order valence-corrected chi connectivity index (χ1v) is 10.3. The van der Waals surface area contributed by atoms with Crippen molar-refractivity contribution in [2.45, 2.75) is 17.8 Å². The van der Waals surface area contributed by atoms with Crippen molar-refractivity contribution in [2.24, 2.45) is 0 Å². The Hall–Kier alpha value is -3.26. The third-order valence-corrected chi connectivity index (χ3v) is 5.82. The molecule has 0 radical (unpaired) electrons. The van der Waals surface area contributed by atoms with Crippen LogP contribution in [0.2, 0.25) is 0 Å². The normalized spacial score (nSPS) is 12.0. The van der Waals surface area contributed by atoms with E-state index in [1.807, 2.05) is 0 Å². The minimum Gasteiger partial charge on any atom is -0.473 e. The van der Waals surface area contributed by atoms with Gasteiger partial charge in [-0.15, -0.1) is 13.2 Å². The van der Waals surface area contributed by atoms with Gasteiger partial charge < -0.3 is 19.5 Å². The van der Waals surface area contributed by atoms with E-state index in [2.05, 4.69) is 9.72 Å². The molecule has 3 aromatic rings. The number of hydrogen-bond donors (Lipinski definition) is 3. The predicted octanol–water partition coefficient (Wildman–Crippen LogP) is 2.44. The average molecular weight is 477 g/mol. The molecule has 0 fully saturated rings. The lowest BCUT2D eigenvalue weighted by atomic mass is 10.3. The average Bonchev–Trinajstić information content (AvgIpc) is 3.00. The number of aliphatic carboxylic acids is 2. The summed E-state index contributed by atoms with van der Waals surface area (Å²) in [5.74, 6) is -3.69. The minimum absolute atomic E-state index is 0.172. The Kier molecular flexibility index (Phi) is 7.88. The fourth-order valence-corrected chi connectivity index (χ4v) is 4.24. The summed E-state index contributed by atoms with van der Waals surface area (Å²) < 4.78 is 55.2. The van der Waals surface area contributed by atoms with Gasteiger partial charge in [-0.2, -0.15) is 0 Å². The molecule has 0 saturated carbocycles. The molecule has 0 aliphatic carbocycles. The number of carboxylic acid groups (broad SMARTS) is 2. The number of halogens is 3. The number of aryl methyl sites for hydroxylation is 1. The van der Waals surface area contributed by atoms with Crippen molar-refractivity contribution in [3.63, 3.8) is 0 Å². The highest BCUT2D eigenvalue weighted by Gasteiger charge is 2.31. The summed E-state index contributed by atoms with van der Waals surface area (Å²) in [6.07, 6.45) is -1.65. The van der Waals surface area contributed by atoms with Gasteiger partial charge in [0.15, 0.2) is 4.80 Å². The van der Waals surface area contributed by atoms with Crippen LogP contribution in [0.4, 0.5) is 13.2 Å². The quantitative estimate of drug-likeness (QED) is 0.479. The van der Waals surface area contributed by atoms with Crippen LogP contribution in [-0.4, -0.2) is 48.0 Å². The number of aromatic nitrogens is 2. The van der Waals surface area contributed by atoms with Crippen molar-refractivity contribution in [1.82, 2.24) is 9.55 Å². The van der Waals surface area contributed by atoms with Crippen LogP contribution in [0.3, 0.4) is 0 Å². The van der Waals surface area contributed by atoms with E-state index < -0.39 is 29.1 Å². The van der Waals surface area contributed by atoms with Gasteiger partial charge in [0.05, 0.1) is 21.0 Å². The smallest absolute Gasteiger partial charge is 0.473 e. The van der Waals surface area contributed by atoms with Gasteiger partial charge in [0, 0.05) is 29.6 Å². The Balaban J connectivity index is 0.000000501. The largest absolute Gasteiger partial charge is 0.573 e. The molecule has 0 saturated heterocycles. The molecule has 9 nitrogen and oxygen atoms in total. The summed E-state index contributed by atoms with van der Waals surface area (Å²) in [5, 5.41) is 22.8. The molecule has 0 spiro atoms. The second kappa shape index (κ2) is 10.2. The number of alkyl halides is 3. The van der Waals surface area contributed by atoms with Crippen LogP contribution in [-0.2, 0) is 26.9 Å². The lowest BCUT2D eigenvalue weighted by Gasteiger charge is -2.09. The van der Waals surface area contributed by atoms with Crippen LogP contribution in [0.1, 0.15) is 0 Å². The number of nitrogens with zero attached hydrogens (tertiary/aromatic N) is 2. The van der Waals surface area contributed by atoms with E-state index in [9.17, 15) is 17.4 Å². The van der Waals surface area contributed by atoms with Gasteiger partial charge in [-0.3, -0.25) is 14.6 Å². The molecule has 0 bridgehead atoms. The standard InChI is InChI=1S/C15H12F3N3O2S2.C2H2O4/c16-15(17,18)23-10-1-2-12-13(9-10)24-14(19)21(12)7-8-25(22)11-3-5-20-6-4-11;3-1(4)2(5)6/h1-6,9,19H,7-8H2;(H,3,4)(H,5,6). The summed E-state index contributed by atoms with van der Waals surface area (Å²) in [4.78, 5) is 22.9. The number of ether oxygens (including phenoxy) is 1. The molecule has 1 unspecified atom stereocenters. The van der Waals surface area contributed by atoms with Crippen molar-refractivity contribution >= 4 is 44.3 Å². The van der Waals surface area contributed by atoms with Gasteiger partial charge >= 0.3 is 18.3 Å². The van der Waals surface area contributed by atoms with Crippen molar-refractivity contribution in [3.8, 4) is 5.75 Å². The molecule has 31 heavy (non-hydrogen) atoms. The third-order valence-electron chi connectivity index (χ3n) is 3.50. The first-order chi connectivity index (χ1) is 14.5. The molecule has 2 heterocycles. The summed E-state index contributed by atoms with van der Waals surface area (Å²) in [5.41, 5.74) is 0.608. The molecule has 0 aliphatic heterocycles. The zero-order valence-electron chi connectivity index (χ0n) is 15.3. The van der Waals surface area contributed by atoms with Gasteiger partial charge in [-0.05, 0) is 30.3 Å². The zero-order valence-corrected chi connectivity index (χ0v) is 17.0. The molecular weight excluding hydrogens is 463 g/mol. The highest BCUT2D eigenvalue weighted by molar-refractivity contribution is 7.85. The number of thiazole rings is 1. The molecular formula is C17H14F3N3O6S2. The van der Waals surface area contributed by atoms with Crippen molar-refractivity contribution < 1.29 is 41.9 Å². The van der Waals surface area contributed by atoms with Crippen LogP contribution in [0.25, 0.3) is 10.2 Å². The Morgan fingerprint density at radius 3 is 2.32 bits per heavy atom. The summed E-state index contributed by atoms with van der Waals surface area (Å²) in [7, 11) is -1.25. The minimum atomic E-state index is -4.76. The summed E-state index contributed by atoms with van der Waals surface area (Å²) in [6.45, 7) is 0.313. The topological polar surface area (TPSA) is 143 Å². The summed E-state index contributed by atoms with van der Waals surface area (Å²) in [6, 6.07) is 7.25. The number of nitrogens with one attached hydrogen (secondary N) is 1. The van der Waals surface area contributed by atoms with Crippen molar-refractivity contribution in [1.29, 1.82) is 5.41 Å². The third kappa shape index (κ3) is 7.18. The molecule has 1 aromatic carbocycles. The van der Waals surface area contributed by atoms with Gasteiger partial charge in [0.25, 0.3) is 0 Å². The predicted molar refractivity (Wildman–Crippen MR) is 103 cm³/mol. The van der Waals surface area contributed by atoms with E-state index in [0.717, 1.165) is 11.3 Å². The Bertz CT molecular complexity index is 1150. The Morgan fingerprint density at radius 2 is 1.77 bits per heavy atom. The second-order valence-corrected chi connectivity index (χ2v) is 8.18. The maximum absolute atomic E-state index is 12.3. The second-order valence-electron chi connectivity index (χ2n) is 5.58. The molecule has 0 amide bonds. The van der Waals surface area contributed by atoms with E-state index in [4.69, 9.17) is 25.2 Å². The first-order valence-electron chi connectivity index (χ1n) is 8.16. The monoisotopic (exact) mass is 477 g/mol. The van der Waals surface area contributed by atoms with E-state index in [1.54, 1.807) is 29.1 Å². The van der Waals surface area contributed by atoms with Gasteiger partial charge in [0.2, 0.25) is 0 Å². The maximum Gasteiger partial charge on any atom is 0.573 e. The SMILES string of the molecule is N=c1sc2cc(OC(F)(F)F)ccc2n1CCS(=O)c1ccncc1.O=C(O)C(=O)O. The number of pyridine rings is 1. The first kappa shape index (κ1) is 24.0. The lowest BCUT2D eigenvalue weighted by molar-refractivity contribution is -0.274. The number of hydrogen-bond acceptors (Lipinski definition) is 7. The van der Waals surface area contributed by atoms with Crippen LogP contribution >= 0.6 is 11.3 Å². The van der Waals surface area contributed by atoms with E-state index in [0.29, 0.717) is 21.7 Å². The fourth-order valence-electron chi connectivity index (χ4n) is 2.27. The summed E-state index contributed by atoms with van der Waals surface area (Å²) >= 11 is 1.04. The fraction of sp³-hybridized carbons (Fsp3) is 0.176. The van der Waals surface area contributed by atoms with Crippen LogP contribution < -0.4 is 9.54 Å². The number of carboxylic acids is 2. The molecule has 14 heteroatoms. The van der Waals surface area contributed by atoms with Crippen LogP contribution in [0.15, 0.2) is 47.6 Å². The maximum atomic E-state index is 12.3. The van der Waals surface area contributed by atoms with Crippen molar-refractivity contribution in [3.05, 3.63) is 47.5 Å². The Labute approximate surface area is 178 Å². The lowest BCUT2D eigenvalue weighted by Crippen LogP contribution is -2.18. The van der Waals surface area contributed by atoms with E-state index in [-0.39, 0.29) is 16.3 Å². The molecule has 2 aromatic heterocycles. The molecule has 3 rings (SSSR count). The molecule has 3 N–H and O–H groups in total. The highest BCUT2D eigenvalue weighted by Crippen LogP contribution is 2.27. The number of fused-ring (bicyclic) bond motifs is 1. The number of benzene rings is 1. The zero-order chi connectivity index (χ0) is 23.2. The van der Waals surface area contributed by atoms with E-state index in [1.165, 1.54) is 18.2 Å². The van der Waals surface area contributed by atoms with Crippen LogP contribution in [0.5, 0.6) is 5.75 Å². The molecule has 0 aliphatic rings. The van der Waals surface area contributed by atoms with Gasteiger partial charge in [-0.1, -0.05) is 11.3 Å². The van der Waals surface area contributed by atoms with Crippen molar-refractivity contribution in [2.75, 3.05) is 5.75 Å². The number of rotatable bonds is 5. The number of carbonyl (C=O) groups is 2. The van der Waals surface area contributed by atoms with Gasteiger partial charge in [-0.25, -0.2) is 9.59 Å². The van der Waals surface area contributed by atoms with Crippen LogP contribution in [0, 0.1) is 5.41 Å². The Morgan fingerprint density at radius 1 is 1.16 bits per heavy atom. The molecule has 1 atom stereocenters. The molecule has 166 valence electrons. The van der Waals surface area contributed by atoms with E-state index >= 15 is 0 Å². The van der Waals surface area contributed by atoms with Gasteiger partial charge in [0.1, 0.15) is 5.75 Å². The highest BCUT2D eigenvalue weighted by atomic mass is 32.2.